The van der Waals surface area contributed by atoms with Crippen molar-refractivity contribution in [1.29, 1.82) is 0 Å². The van der Waals surface area contributed by atoms with Gasteiger partial charge >= 0.3 is 6.09 Å². The van der Waals surface area contributed by atoms with E-state index >= 15 is 0 Å². The molecule has 17 heteroatoms. The maximum Gasteiger partial charge on any atom is 0.410 e. The summed E-state index contributed by atoms with van der Waals surface area (Å²) in [5.41, 5.74) is 1.01. The average molecular weight is 809 g/mol. The minimum atomic E-state index is -3.90. The van der Waals surface area contributed by atoms with E-state index in [0.717, 1.165) is 29.8 Å². The summed E-state index contributed by atoms with van der Waals surface area (Å²) in [5, 5.41) is 15.6. The van der Waals surface area contributed by atoms with E-state index in [1.54, 1.807) is 23.8 Å². The molecule has 2 aliphatic rings. The number of rotatable bonds is 15. The number of piperidine rings is 1. The van der Waals surface area contributed by atoms with Gasteiger partial charge in [-0.3, -0.25) is 0 Å². The molecule has 5 rings (SSSR count). The van der Waals surface area contributed by atoms with Gasteiger partial charge in [0.1, 0.15) is 35.1 Å². The van der Waals surface area contributed by atoms with Crippen LogP contribution in [-0.4, -0.2) is 111 Å². The molecule has 2 aliphatic heterocycles. The van der Waals surface area contributed by atoms with Crippen LogP contribution in [0.15, 0.2) is 17.3 Å². The monoisotopic (exact) mass is 808 g/mol. The second kappa shape index (κ2) is 16.0. The lowest BCUT2D eigenvalue weighted by molar-refractivity contribution is 0.00557. The summed E-state index contributed by atoms with van der Waals surface area (Å²) >= 11 is 1.35. The van der Waals surface area contributed by atoms with Gasteiger partial charge in [-0.05, 0) is 65.5 Å². The van der Waals surface area contributed by atoms with E-state index in [1.807, 2.05) is 30.6 Å². The number of hydrogen-bond acceptors (Lipinski definition) is 12. The highest BCUT2D eigenvalue weighted by molar-refractivity contribution is 7.91. The molecule has 2 bridgehead atoms. The first-order valence-electron chi connectivity index (χ1n) is 18.7. The van der Waals surface area contributed by atoms with Crippen LogP contribution < -0.4 is 4.90 Å². The molecule has 3 aromatic heterocycles. The number of carbonyl (C=O) groups excluding carboxylic acids is 1. The zero-order valence-electron chi connectivity index (χ0n) is 33.4. The van der Waals surface area contributed by atoms with Crippen LogP contribution in [0.2, 0.25) is 51.4 Å². The predicted molar refractivity (Wildman–Crippen MR) is 215 cm³/mol. The molecule has 4 atom stereocenters. The maximum absolute atomic E-state index is 14.2. The number of carbonyl (C=O) groups is 1. The number of ether oxygens (including phenoxy) is 3. The Morgan fingerprint density at radius 1 is 1.02 bits per heavy atom. The van der Waals surface area contributed by atoms with Crippen molar-refractivity contribution >= 4 is 54.9 Å². The molecule has 0 saturated carbocycles. The number of nitrogens with zero attached hydrogens (tertiary/aromatic N) is 6. The van der Waals surface area contributed by atoms with Crippen LogP contribution in [0.4, 0.5) is 10.6 Å². The van der Waals surface area contributed by atoms with E-state index in [1.165, 1.54) is 17.6 Å². The molecular formula is C36H60N6O7S2Si2. The Kier molecular flexibility index (Phi) is 12.6. The molecule has 5 heterocycles. The zero-order valence-corrected chi connectivity index (χ0v) is 37.1. The Morgan fingerprint density at radius 3 is 2.06 bits per heavy atom. The van der Waals surface area contributed by atoms with E-state index in [-0.39, 0.29) is 42.5 Å². The molecule has 13 nitrogen and oxygen atoms in total. The Hall–Kier alpha value is -2.42. The summed E-state index contributed by atoms with van der Waals surface area (Å²) in [4.78, 5) is 27.6. The molecule has 3 aromatic rings. The van der Waals surface area contributed by atoms with Gasteiger partial charge in [0.15, 0.2) is 21.3 Å². The van der Waals surface area contributed by atoms with Crippen molar-refractivity contribution in [3.8, 4) is 10.4 Å². The van der Waals surface area contributed by atoms with Crippen molar-refractivity contribution < 1.29 is 32.5 Å². The fraction of sp³-hybridized carbons (Fsp3) is 0.722. The van der Waals surface area contributed by atoms with Gasteiger partial charge in [-0.2, -0.15) is 9.61 Å². The summed E-state index contributed by atoms with van der Waals surface area (Å²) in [6.07, 6.45) is 6.27. The fourth-order valence-corrected chi connectivity index (χ4v) is 10.5. The smallest absolute Gasteiger partial charge is 0.410 e. The van der Waals surface area contributed by atoms with Gasteiger partial charge in [0.25, 0.3) is 0 Å². The molecule has 0 aliphatic carbocycles. The molecule has 296 valence electrons. The molecule has 0 spiro atoms. The van der Waals surface area contributed by atoms with Crippen LogP contribution in [-0.2, 0) is 24.0 Å². The predicted octanol–water partition coefficient (Wildman–Crippen LogP) is 7.39. The van der Waals surface area contributed by atoms with E-state index in [2.05, 4.69) is 44.3 Å². The van der Waals surface area contributed by atoms with E-state index in [0.29, 0.717) is 53.8 Å². The molecular weight excluding hydrogens is 749 g/mol. The molecule has 1 N–H and O–H groups in total. The number of sulfone groups is 1. The van der Waals surface area contributed by atoms with Crippen LogP contribution >= 0.6 is 11.3 Å². The zero-order chi connectivity index (χ0) is 39.1. The molecule has 0 aromatic carbocycles. The SMILES string of the molecule is CC(O)c1ncc(-c2cnn3c(N(COCC[Si](C)(C)C)COCC[Si](C)(C)C)c(S(C)(=O)=O)c(C4C[C@H]5CC[C@@H](C4)N5C(=O)OC(C)(C)C)nc23)s1. The average Bonchev–Trinajstić information content (AvgIpc) is 3.73. The Morgan fingerprint density at radius 2 is 1.58 bits per heavy atom. The summed E-state index contributed by atoms with van der Waals surface area (Å²) < 4.78 is 48.3. The highest BCUT2D eigenvalue weighted by atomic mass is 32.2. The Bertz CT molecular complexity index is 1830. The van der Waals surface area contributed by atoms with Crippen LogP contribution in [0.25, 0.3) is 16.1 Å². The number of hydrogen-bond donors (Lipinski definition) is 1. The van der Waals surface area contributed by atoms with Crippen molar-refractivity contribution in [1.82, 2.24) is 24.5 Å². The first-order chi connectivity index (χ1) is 24.5. The standard InChI is InChI=1S/C36H60N6O7S2Si2/c1-24(43)33-37-21-29(50-33)28-20-38-42-32(28)39-30(25-18-26-12-13-27(19-25)41(26)35(44)49-36(2,3)4)31(51(5,45)46)34(42)40(22-47-14-16-52(6,7)8)23-48-15-17-53(9,10)11/h20-21,24-27,43H,12-19,22-23H2,1-11H3/t24?,25?,26-,27+. The molecule has 0 radical (unpaired) electrons. The van der Waals surface area contributed by atoms with E-state index < -0.39 is 37.7 Å². The fourth-order valence-electron chi connectivity index (χ4n) is 6.95. The minimum absolute atomic E-state index is 0.1000. The van der Waals surface area contributed by atoms with Crippen LogP contribution in [0.5, 0.6) is 0 Å². The summed E-state index contributed by atoms with van der Waals surface area (Å²) in [6.45, 7) is 22.3. The van der Waals surface area contributed by atoms with Crippen LogP contribution in [0.3, 0.4) is 0 Å². The quantitative estimate of drug-likeness (QED) is 0.0931. The van der Waals surface area contributed by atoms with E-state index in [4.69, 9.17) is 24.3 Å². The van der Waals surface area contributed by atoms with Gasteiger partial charge in [-0.1, -0.05) is 39.3 Å². The van der Waals surface area contributed by atoms with Crippen molar-refractivity contribution in [3.63, 3.8) is 0 Å². The Balaban J connectivity index is 1.65. The third-order valence-electron chi connectivity index (χ3n) is 9.63. The number of amides is 1. The van der Waals surface area contributed by atoms with Crippen molar-refractivity contribution in [3.05, 3.63) is 23.1 Å². The van der Waals surface area contributed by atoms with Gasteiger partial charge in [-0.25, -0.2) is 23.2 Å². The normalized spacial score (nSPS) is 20.3. The molecule has 2 saturated heterocycles. The van der Waals surface area contributed by atoms with E-state index in [9.17, 15) is 18.3 Å². The second-order valence-electron chi connectivity index (χ2n) is 18.1. The number of aliphatic hydroxyl groups is 1. The minimum Gasteiger partial charge on any atom is -0.444 e. The van der Waals surface area contributed by atoms with Gasteiger partial charge in [0.2, 0.25) is 0 Å². The van der Waals surface area contributed by atoms with Crippen molar-refractivity contribution in [2.45, 2.75) is 139 Å². The van der Waals surface area contributed by atoms with Crippen LogP contribution in [0.1, 0.15) is 76.1 Å². The molecule has 2 unspecified atom stereocenters. The third-order valence-corrected chi connectivity index (χ3v) is 15.4. The number of aliphatic hydroxyl groups excluding tert-OH is 1. The largest absolute Gasteiger partial charge is 0.444 e. The van der Waals surface area contributed by atoms with Gasteiger partial charge in [0, 0.05) is 59.8 Å². The number of anilines is 1. The maximum atomic E-state index is 14.2. The second-order valence-corrected chi connectivity index (χ2v) is 32.4. The third kappa shape index (κ3) is 10.5. The number of thiazole rings is 1. The van der Waals surface area contributed by atoms with Crippen molar-refractivity contribution in [2.24, 2.45) is 0 Å². The topological polar surface area (TPSA) is 149 Å². The molecule has 2 fully saturated rings. The summed E-state index contributed by atoms with van der Waals surface area (Å²) in [6, 6.07) is 1.70. The summed E-state index contributed by atoms with van der Waals surface area (Å²) in [5.74, 6) is 0.0984. The lowest BCUT2D eigenvalue weighted by Crippen LogP contribution is -2.48. The van der Waals surface area contributed by atoms with Crippen LogP contribution in [0, 0.1) is 0 Å². The molecule has 1 amide bonds. The first kappa shape index (κ1) is 41.7. The molecule has 53 heavy (non-hydrogen) atoms. The first-order valence-corrected chi connectivity index (χ1v) is 28.8. The lowest BCUT2D eigenvalue weighted by atomic mass is 9.88. The summed E-state index contributed by atoms with van der Waals surface area (Å²) in [7, 11) is -6.71. The van der Waals surface area contributed by atoms with Gasteiger partial charge in [0.05, 0.1) is 22.3 Å². The Labute approximate surface area is 321 Å². The van der Waals surface area contributed by atoms with Gasteiger partial charge in [-0.15, -0.1) is 11.3 Å². The lowest BCUT2D eigenvalue weighted by Gasteiger charge is -2.40. The highest BCUT2D eigenvalue weighted by Crippen LogP contribution is 2.47. The van der Waals surface area contributed by atoms with Gasteiger partial charge < -0.3 is 29.1 Å². The number of fused-ring (bicyclic) bond motifs is 3. The number of aromatic nitrogens is 4. The highest BCUT2D eigenvalue weighted by Gasteiger charge is 2.47. The van der Waals surface area contributed by atoms with Crippen molar-refractivity contribution in [2.75, 3.05) is 37.8 Å².